The van der Waals surface area contributed by atoms with Crippen molar-refractivity contribution in [3.8, 4) is 0 Å². The van der Waals surface area contributed by atoms with Gasteiger partial charge in [-0.3, -0.25) is 0 Å². The van der Waals surface area contributed by atoms with Gasteiger partial charge >= 0.3 is 6.18 Å². The number of rotatable bonds is 2. The van der Waals surface area contributed by atoms with Crippen LogP contribution in [0.3, 0.4) is 0 Å². The van der Waals surface area contributed by atoms with Gasteiger partial charge in [0.2, 0.25) is 0 Å². The minimum absolute atomic E-state index is 0.0163. The van der Waals surface area contributed by atoms with Gasteiger partial charge < -0.3 is 5.32 Å². The first-order valence-corrected chi connectivity index (χ1v) is 7.04. The standard InChI is InChI=1S/C13H13BrF5N/c14-9-5-11(16)12(6-10(9)15)20-8-3-1-2-7(4-8)13(17,18)19/h5-8,20H,1-4H2. The summed E-state index contributed by atoms with van der Waals surface area (Å²) in [6, 6.07) is 1.42. The van der Waals surface area contributed by atoms with Crippen LogP contribution in [0.2, 0.25) is 0 Å². The molecular formula is C13H13BrF5N. The van der Waals surface area contributed by atoms with Crippen molar-refractivity contribution in [3.63, 3.8) is 0 Å². The van der Waals surface area contributed by atoms with Crippen molar-refractivity contribution < 1.29 is 22.0 Å². The lowest BCUT2D eigenvalue weighted by atomic mass is 9.85. The molecule has 0 aromatic heterocycles. The number of nitrogens with one attached hydrogen (secondary N) is 1. The summed E-state index contributed by atoms with van der Waals surface area (Å²) in [5.74, 6) is -2.72. The second-order valence-corrected chi connectivity index (χ2v) is 5.85. The van der Waals surface area contributed by atoms with E-state index in [1.54, 1.807) is 0 Å². The van der Waals surface area contributed by atoms with Crippen LogP contribution in [0.25, 0.3) is 0 Å². The van der Waals surface area contributed by atoms with Gasteiger partial charge in [0.1, 0.15) is 11.6 Å². The maximum atomic E-state index is 13.6. The van der Waals surface area contributed by atoms with Crippen LogP contribution in [-0.2, 0) is 0 Å². The zero-order valence-corrected chi connectivity index (χ0v) is 12.0. The van der Waals surface area contributed by atoms with Crippen LogP contribution in [0.15, 0.2) is 16.6 Å². The van der Waals surface area contributed by atoms with Gasteiger partial charge in [0.05, 0.1) is 16.1 Å². The molecule has 1 aromatic rings. The van der Waals surface area contributed by atoms with Crippen LogP contribution >= 0.6 is 15.9 Å². The molecule has 2 unspecified atom stereocenters. The zero-order valence-electron chi connectivity index (χ0n) is 10.4. The maximum absolute atomic E-state index is 13.6. The Morgan fingerprint density at radius 3 is 2.45 bits per heavy atom. The molecule has 7 heteroatoms. The highest BCUT2D eigenvalue weighted by Crippen LogP contribution is 2.38. The van der Waals surface area contributed by atoms with Crippen molar-refractivity contribution in [2.75, 3.05) is 5.32 Å². The maximum Gasteiger partial charge on any atom is 0.391 e. The smallest absolute Gasteiger partial charge is 0.380 e. The number of alkyl halides is 3. The molecule has 0 spiro atoms. The molecule has 2 atom stereocenters. The van der Waals surface area contributed by atoms with E-state index < -0.39 is 29.8 Å². The molecule has 1 aliphatic carbocycles. The van der Waals surface area contributed by atoms with Crippen LogP contribution in [0.1, 0.15) is 25.7 Å². The molecule has 112 valence electrons. The van der Waals surface area contributed by atoms with Crippen molar-refractivity contribution in [1.82, 2.24) is 0 Å². The highest BCUT2D eigenvalue weighted by molar-refractivity contribution is 9.10. The SMILES string of the molecule is Fc1cc(NC2CCCC(C(F)(F)F)C2)c(F)cc1Br. The summed E-state index contributed by atoms with van der Waals surface area (Å²) in [7, 11) is 0. The fourth-order valence-electron chi connectivity index (χ4n) is 2.47. The normalized spacial score (nSPS) is 23.7. The first-order chi connectivity index (χ1) is 9.27. The summed E-state index contributed by atoms with van der Waals surface area (Å²) in [5.41, 5.74) is -0.0986. The minimum atomic E-state index is -4.23. The second-order valence-electron chi connectivity index (χ2n) is 4.99. The van der Waals surface area contributed by atoms with Crippen LogP contribution in [-0.4, -0.2) is 12.2 Å². The summed E-state index contributed by atoms with van der Waals surface area (Å²) in [6.07, 6.45) is -3.31. The quantitative estimate of drug-likeness (QED) is 0.562. The Hall–Kier alpha value is -0.850. The zero-order chi connectivity index (χ0) is 14.9. The van der Waals surface area contributed by atoms with Gasteiger partial charge in [0.15, 0.2) is 0 Å². The van der Waals surface area contributed by atoms with E-state index in [2.05, 4.69) is 21.2 Å². The van der Waals surface area contributed by atoms with E-state index in [1.807, 2.05) is 0 Å². The largest absolute Gasteiger partial charge is 0.391 e. The Labute approximate surface area is 121 Å². The van der Waals surface area contributed by atoms with Crippen LogP contribution in [0.4, 0.5) is 27.6 Å². The number of benzene rings is 1. The third-order valence-corrected chi connectivity index (χ3v) is 4.11. The molecule has 1 N–H and O–H groups in total. The van der Waals surface area contributed by atoms with E-state index in [-0.39, 0.29) is 23.0 Å². The summed E-state index contributed by atoms with van der Waals surface area (Å²) >= 11 is 2.85. The fourth-order valence-corrected chi connectivity index (χ4v) is 2.79. The lowest BCUT2D eigenvalue weighted by molar-refractivity contribution is -0.182. The number of hydrogen-bond acceptors (Lipinski definition) is 1. The molecule has 1 aliphatic rings. The van der Waals surface area contributed by atoms with E-state index in [1.165, 1.54) is 0 Å². The highest BCUT2D eigenvalue weighted by Gasteiger charge is 2.42. The molecule has 2 rings (SSSR count). The predicted octanol–water partition coefficient (Wildman–Crippen LogP) is 5.26. The van der Waals surface area contributed by atoms with E-state index in [0.29, 0.717) is 12.8 Å². The molecular weight excluding hydrogens is 345 g/mol. The Morgan fingerprint density at radius 2 is 1.80 bits per heavy atom. The van der Waals surface area contributed by atoms with E-state index in [9.17, 15) is 22.0 Å². The van der Waals surface area contributed by atoms with Gasteiger partial charge in [0.25, 0.3) is 0 Å². The van der Waals surface area contributed by atoms with Gasteiger partial charge in [-0.25, -0.2) is 8.78 Å². The molecule has 0 radical (unpaired) electrons. The molecule has 20 heavy (non-hydrogen) atoms. The van der Waals surface area contributed by atoms with E-state index >= 15 is 0 Å². The average Bonchev–Trinajstić information content (AvgIpc) is 2.35. The van der Waals surface area contributed by atoms with E-state index in [4.69, 9.17) is 0 Å². The van der Waals surface area contributed by atoms with Crippen LogP contribution in [0.5, 0.6) is 0 Å². The van der Waals surface area contributed by atoms with Crippen molar-refractivity contribution in [2.24, 2.45) is 5.92 Å². The van der Waals surface area contributed by atoms with Gasteiger partial charge in [0, 0.05) is 12.1 Å². The first-order valence-electron chi connectivity index (χ1n) is 6.25. The topological polar surface area (TPSA) is 12.0 Å². The molecule has 1 aromatic carbocycles. The molecule has 0 saturated heterocycles. The first kappa shape index (κ1) is 15.5. The molecule has 0 bridgehead atoms. The summed E-state index contributed by atoms with van der Waals surface area (Å²) in [6.45, 7) is 0. The monoisotopic (exact) mass is 357 g/mol. The van der Waals surface area contributed by atoms with Gasteiger partial charge in [-0.2, -0.15) is 13.2 Å². The highest BCUT2D eigenvalue weighted by atomic mass is 79.9. The number of anilines is 1. The lowest BCUT2D eigenvalue weighted by Gasteiger charge is -2.31. The van der Waals surface area contributed by atoms with Gasteiger partial charge in [-0.1, -0.05) is 6.42 Å². The molecule has 0 amide bonds. The minimum Gasteiger partial charge on any atom is -0.380 e. The molecule has 1 nitrogen and oxygen atoms in total. The average molecular weight is 358 g/mol. The number of hydrogen-bond donors (Lipinski definition) is 1. The summed E-state index contributed by atoms with van der Waals surface area (Å²) < 4.78 is 65.0. The molecule has 0 heterocycles. The van der Waals surface area contributed by atoms with Crippen molar-refractivity contribution in [2.45, 2.75) is 37.9 Å². The third-order valence-electron chi connectivity index (χ3n) is 3.51. The fraction of sp³-hybridized carbons (Fsp3) is 0.538. The van der Waals surface area contributed by atoms with Crippen LogP contribution in [0, 0.1) is 17.6 Å². The van der Waals surface area contributed by atoms with Crippen molar-refractivity contribution in [1.29, 1.82) is 0 Å². The van der Waals surface area contributed by atoms with Gasteiger partial charge in [-0.15, -0.1) is 0 Å². The Morgan fingerprint density at radius 1 is 1.10 bits per heavy atom. The van der Waals surface area contributed by atoms with Crippen molar-refractivity contribution in [3.05, 3.63) is 28.2 Å². The molecule has 1 fully saturated rings. The van der Waals surface area contributed by atoms with Crippen LogP contribution < -0.4 is 5.32 Å². The second kappa shape index (κ2) is 5.87. The van der Waals surface area contributed by atoms with E-state index in [0.717, 1.165) is 12.1 Å². The molecule has 0 aliphatic heterocycles. The molecule has 1 saturated carbocycles. The van der Waals surface area contributed by atoms with Crippen molar-refractivity contribution >= 4 is 21.6 Å². The third kappa shape index (κ3) is 3.62. The predicted molar refractivity (Wildman–Crippen MR) is 69.5 cm³/mol. The Balaban J connectivity index is 2.08. The Bertz CT molecular complexity index is 488. The Kier molecular flexibility index (Phi) is 4.56. The summed E-state index contributed by atoms with van der Waals surface area (Å²) in [4.78, 5) is 0. The number of halogens is 6. The van der Waals surface area contributed by atoms with Gasteiger partial charge in [-0.05, 0) is 41.3 Å². The summed E-state index contributed by atoms with van der Waals surface area (Å²) in [5, 5.41) is 2.68. The lowest BCUT2D eigenvalue weighted by Crippen LogP contribution is -2.34.